The van der Waals surface area contributed by atoms with Crippen molar-refractivity contribution in [2.75, 3.05) is 13.7 Å². The predicted octanol–water partition coefficient (Wildman–Crippen LogP) is -2.84. The van der Waals surface area contributed by atoms with Crippen LogP contribution in [-0.2, 0) is 31.6 Å². The van der Waals surface area contributed by atoms with Crippen LogP contribution in [0.2, 0.25) is 0 Å². The van der Waals surface area contributed by atoms with E-state index in [0.29, 0.717) is 6.42 Å². The van der Waals surface area contributed by atoms with Crippen molar-refractivity contribution in [3.05, 3.63) is 18.7 Å². The van der Waals surface area contributed by atoms with Gasteiger partial charge in [0.15, 0.2) is 0 Å². The second kappa shape index (κ2) is 7.28. The predicted molar refractivity (Wildman–Crippen MR) is 62.5 cm³/mol. The maximum absolute atomic E-state index is 12.1. The highest BCUT2D eigenvalue weighted by Crippen LogP contribution is 2.19. The molecule has 1 aromatic rings. The fraction of sp³-hybridized carbons (Fsp3) is 0.583. The zero-order valence-electron chi connectivity index (χ0n) is 11.6. The number of ether oxygens (including phenoxy) is 2. The van der Waals surface area contributed by atoms with Crippen molar-refractivity contribution < 1.29 is 40.6 Å². The molecule has 0 aliphatic heterocycles. The monoisotopic (exact) mass is 334 g/mol. The van der Waals surface area contributed by atoms with Gasteiger partial charge in [-0.25, -0.2) is 18.7 Å². The highest BCUT2D eigenvalue weighted by molar-refractivity contribution is 6.01. The number of carbonyl (C=O) groups excluding carboxylic acids is 2. The van der Waals surface area contributed by atoms with Gasteiger partial charge in [0.05, 0.1) is 20.8 Å². The second-order valence-electron chi connectivity index (χ2n) is 4.19. The van der Waals surface area contributed by atoms with Crippen LogP contribution in [0.4, 0.5) is 0 Å². The summed E-state index contributed by atoms with van der Waals surface area (Å²) in [6.07, 6.45) is 5.69. The van der Waals surface area contributed by atoms with Crippen LogP contribution in [0.15, 0.2) is 18.7 Å². The van der Waals surface area contributed by atoms with Crippen molar-refractivity contribution in [2.24, 2.45) is 7.05 Å². The van der Waals surface area contributed by atoms with E-state index in [1.165, 1.54) is 18.6 Å². The Morgan fingerprint density at radius 3 is 2.42 bits per heavy atom. The van der Waals surface area contributed by atoms with E-state index in [9.17, 15) is 9.59 Å². The number of hydrogen-bond acceptors (Lipinski definition) is 4. The summed E-state index contributed by atoms with van der Waals surface area (Å²) in [5.74, 6) is -1.27. The van der Waals surface area contributed by atoms with E-state index < -0.39 is 17.5 Å². The Bertz CT molecular complexity index is 447. The van der Waals surface area contributed by atoms with Crippen LogP contribution >= 0.6 is 0 Å². The number of carbonyl (C=O) groups is 2. The van der Waals surface area contributed by atoms with E-state index in [0.717, 1.165) is 0 Å². The first kappa shape index (κ1) is 17.6. The van der Waals surface area contributed by atoms with E-state index in [4.69, 9.17) is 9.47 Å². The molecule has 6 nitrogen and oxygen atoms in total. The van der Waals surface area contributed by atoms with Crippen molar-refractivity contribution in [1.82, 2.24) is 4.57 Å². The van der Waals surface area contributed by atoms with Gasteiger partial charge in [0.2, 0.25) is 6.33 Å². The Labute approximate surface area is 123 Å². The molecule has 0 aliphatic rings. The van der Waals surface area contributed by atoms with Crippen LogP contribution in [0.5, 0.6) is 0 Å². The Morgan fingerprint density at radius 1 is 1.37 bits per heavy atom. The van der Waals surface area contributed by atoms with Gasteiger partial charge < -0.3 is 26.5 Å². The lowest BCUT2D eigenvalue weighted by Gasteiger charge is -2.21. The minimum absolute atomic E-state index is 0. The number of rotatable bonds is 5. The third-order valence-electron chi connectivity index (χ3n) is 2.70. The summed E-state index contributed by atoms with van der Waals surface area (Å²) in [5.41, 5.74) is -1.49. The van der Waals surface area contributed by atoms with Gasteiger partial charge in [-0.2, -0.15) is 0 Å². The summed E-state index contributed by atoms with van der Waals surface area (Å²) in [6, 6.07) is 0. The maximum atomic E-state index is 12.1. The first-order chi connectivity index (χ1) is 8.46. The van der Waals surface area contributed by atoms with Crippen LogP contribution in [0.25, 0.3) is 0 Å². The zero-order valence-corrected chi connectivity index (χ0v) is 13.1. The molecule has 0 aromatic carbocycles. The quantitative estimate of drug-likeness (QED) is 0.330. The first-order valence-corrected chi connectivity index (χ1v) is 5.76. The molecular formula is C12H19BrN2O4. The molecule has 0 fully saturated rings. The topological polar surface area (TPSA) is 61.4 Å². The number of imidazole rings is 1. The molecule has 0 spiro atoms. The fourth-order valence-electron chi connectivity index (χ4n) is 1.54. The zero-order chi connectivity index (χ0) is 13.8. The highest BCUT2D eigenvalue weighted by atomic mass is 79.9. The largest absolute Gasteiger partial charge is 1.00 e. The molecule has 108 valence electrons. The number of nitrogens with zero attached hydrogens (tertiary/aromatic N) is 2. The van der Waals surface area contributed by atoms with Crippen molar-refractivity contribution in [3.8, 4) is 0 Å². The molecule has 0 unspecified atom stereocenters. The third-order valence-corrected chi connectivity index (χ3v) is 2.70. The lowest BCUT2D eigenvalue weighted by atomic mass is 10.0. The fourth-order valence-corrected chi connectivity index (χ4v) is 1.54. The SMILES string of the molecule is CCCOC(=O)[C@@](C)(C(=O)OC)n1cc[n+](C)c1.[Br-]. The lowest BCUT2D eigenvalue weighted by molar-refractivity contribution is -0.671. The number of aryl methyl sites for hydroxylation is 1. The molecule has 19 heavy (non-hydrogen) atoms. The molecule has 0 bridgehead atoms. The normalized spacial score (nSPS) is 13.1. The standard InChI is InChI=1S/C12H19N2O4.BrH/c1-5-8-18-11(16)12(2,10(15)17-4)14-7-6-13(3)9-14;/h6-7,9H,5,8H2,1-4H3;1H/q+1;/p-1/t12-;/m1./s1. The molecule has 1 rings (SSSR count). The molecule has 0 saturated carbocycles. The molecule has 1 atom stereocenters. The number of hydrogen-bond donors (Lipinski definition) is 0. The van der Waals surface area contributed by atoms with Gasteiger partial charge in [-0.1, -0.05) is 6.92 Å². The lowest BCUT2D eigenvalue weighted by Crippen LogP contribution is -3.00. The summed E-state index contributed by atoms with van der Waals surface area (Å²) >= 11 is 0. The van der Waals surface area contributed by atoms with Crippen LogP contribution in [-0.4, -0.2) is 30.2 Å². The first-order valence-electron chi connectivity index (χ1n) is 5.76. The van der Waals surface area contributed by atoms with E-state index in [-0.39, 0.29) is 23.6 Å². The smallest absolute Gasteiger partial charge is 0.366 e. The minimum atomic E-state index is -1.49. The van der Waals surface area contributed by atoms with Gasteiger partial charge >= 0.3 is 17.5 Å². The average Bonchev–Trinajstić information content (AvgIpc) is 2.80. The number of methoxy groups -OCH3 is 1. The number of aromatic nitrogens is 2. The highest BCUT2D eigenvalue weighted by Gasteiger charge is 2.50. The van der Waals surface area contributed by atoms with E-state index >= 15 is 0 Å². The molecule has 7 heteroatoms. The van der Waals surface area contributed by atoms with E-state index in [1.54, 1.807) is 30.3 Å². The Hall–Kier alpha value is -1.37. The van der Waals surface area contributed by atoms with Gasteiger partial charge in [-0.05, 0) is 6.42 Å². The molecule has 0 N–H and O–H groups in total. The summed E-state index contributed by atoms with van der Waals surface area (Å²) < 4.78 is 13.0. The van der Waals surface area contributed by atoms with Crippen molar-refractivity contribution >= 4 is 11.9 Å². The Balaban J connectivity index is 0.00000324. The van der Waals surface area contributed by atoms with Crippen molar-refractivity contribution in [2.45, 2.75) is 25.8 Å². The third kappa shape index (κ3) is 3.56. The number of halogens is 1. The number of esters is 2. The molecule has 0 saturated heterocycles. The van der Waals surface area contributed by atoms with Crippen LogP contribution in [0, 0.1) is 0 Å². The van der Waals surface area contributed by atoms with Gasteiger partial charge in [0.25, 0.3) is 0 Å². The molecule has 1 aromatic heterocycles. The van der Waals surface area contributed by atoms with Crippen LogP contribution in [0.1, 0.15) is 20.3 Å². The summed E-state index contributed by atoms with van der Waals surface area (Å²) in [4.78, 5) is 24.0. The summed E-state index contributed by atoms with van der Waals surface area (Å²) in [5, 5.41) is 0. The molecule has 0 aliphatic carbocycles. The van der Waals surface area contributed by atoms with Gasteiger partial charge in [0.1, 0.15) is 12.4 Å². The van der Waals surface area contributed by atoms with Gasteiger partial charge in [-0.15, -0.1) is 0 Å². The summed E-state index contributed by atoms with van der Waals surface area (Å²) in [6.45, 7) is 3.65. The Kier molecular flexibility index (Phi) is 6.75. The average molecular weight is 335 g/mol. The van der Waals surface area contributed by atoms with Crippen molar-refractivity contribution in [3.63, 3.8) is 0 Å². The van der Waals surface area contributed by atoms with Crippen molar-refractivity contribution in [1.29, 1.82) is 0 Å². The summed E-state index contributed by atoms with van der Waals surface area (Å²) in [7, 11) is 3.04. The molecular weight excluding hydrogens is 316 g/mol. The van der Waals surface area contributed by atoms with Gasteiger partial charge in [0, 0.05) is 6.92 Å². The molecule has 0 radical (unpaired) electrons. The van der Waals surface area contributed by atoms with Crippen LogP contribution < -0.4 is 21.5 Å². The van der Waals surface area contributed by atoms with E-state index in [1.807, 2.05) is 6.92 Å². The van der Waals surface area contributed by atoms with E-state index in [2.05, 4.69) is 0 Å². The Morgan fingerprint density at radius 2 is 2.00 bits per heavy atom. The minimum Gasteiger partial charge on any atom is -1.00 e. The maximum Gasteiger partial charge on any atom is 0.366 e. The van der Waals surface area contributed by atoms with Gasteiger partial charge in [-0.3, -0.25) is 0 Å². The molecule has 1 heterocycles. The second-order valence-corrected chi connectivity index (χ2v) is 4.19. The molecule has 0 amide bonds. The van der Waals surface area contributed by atoms with Crippen LogP contribution in [0.3, 0.4) is 0 Å².